The van der Waals surface area contributed by atoms with Crippen LogP contribution in [0.4, 0.5) is 5.69 Å². The Bertz CT molecular complexity index is 1160. The highest BCUT2D eigenvalue weighted by atomic mass is 35.5. The summed E-state index contributed by atoms with van der Waals surface area (Å²) in [4.78, 5) is 43.3. The maximum Gasteiger partial charge on any atom is 0.242 e. The van der Waals surface area contributed by atoms with Gasteiger partial charge in [-0.05, 0) is 37.5 Å². The number of carbonyl (C=O) groups is 3. The van der Waals surface area contributed by atoms with E-state index in [2.05, 4.69) is 15.6 Å². The van der Waals surface area contributed by atoms with E-state index in [0.29, 0.717) is 42.9 Å². The number of anilines is 1. The first-order valence-electron chi connectivity index (χ1n) is 11.6. The number of likely N-dealkylation sites (tertiary alicyclic amines) is 1. The van der Waals surface area contributed by atoms with Gasteiger partial charge in [-0.3, -0.25) is 19.8 Å². The number of thiazole rings is 1. The van der Waals surface area contributed by atoms with Crippen LogP contribution in [0.5, 0.6) is 5.75 Å². The van der Waals surface area contributed by atoms with Crippen molar-refractivity contribution in [3.8, 4) is 5.75 Å². The minimum atomic E-state index is -0.769. The Morgan fingerprint density at radius 2 is 2.11 bits per heavy atom. The molecule has 3 N–H and O–H groups in total. The largest absolute Gasteiger partial charge is 0.486 e. The molecule has 0 bridgehead atoms. The summed E-state index contributed by atoms with van der Waals surface area (Å²) in [6, 6.07) is 4.43. The lowest BCUT2D eigenvalue weighted by molar-refractivity contribution is -0.137. The summed E-state index contributed by atoms with van der Waals surface area (Å²) in [5.41, 5.74) is 0.593. The maximum absolute atomic E-state index is 13.0. The van der Waals surface area contributed by atoms with Crippen molar-refractivity contribution in [1.82, 2.24) is 15.2 Å². The molecule has 0 spiro atoms. The Balaban J connectivity index is 1.38. The Labute approximate surface area is 223 Å². The van der Waals surface area contributed by atoms with Crippen molar-refractivity contribution in [2.24, 2.45) is 5.92 Å². The van der Waals surface area contributed by atoms with Gasteiger partial charge in [0.15, 0.2) is 5.78 Å². The summed E-state index contributed by atoms with van der Waals surface area (Å²) in [7, 11) is 0. The SMILES string of the molecule is CC(=O)C(=N)c1cc(OCc2nccs2)ccc1NCC(=O)N1CCC[C@H]1C(=O)NC[C@H]1CC1(Cl)Cl. The molecule has 1 saturated carbocycles. The molecule has 192 valence electrons. The van der Waals surface area contributed by atoms with Crippen LogP contribution in [0.25, 0.3) is 0 Å². The number of amides is 2. The highest BCUT2D eigenvalue weighted by Gasteiger charge is 2.51. The molecule has 2 aliphatic rings. The number of ether oxygens (including phenoxy) is 1. The van der Waals surface area contributed by atoms with Crippen LogP contribution in [0, 0.1) is 11.3 Å². The van der Waals surface area contributed by atoms with Gasteiger partial charge in [-0.2, -0.15) is 0 Å². The summed E-state index contributed by atoms with van der Waals surface area (Å²) in [5, 5.41) is 16.8. The fourth-order valence-electron chi connectivity index (χ4n) is 4.08. The molecule has 1 aromatic heterocycles. The second-order valence-electron chi connectivity index (χ2n) is 8.86. The van der Waals surface area contributed by atoms with Crippen LogP contribution in [0.15, 0.2) is 29.8 Å². The van der Waals surface area contributed by atoms with Gasteiger partial charge in [0.2, 0.25) is 11.8 Å². The molecule has 2 fully saturated rings. The predicted octanol–water partition coefficient (Wildman–Crippen LogP) is 3.39. The number of hydrogen-bond donors (Lipinski definition) is 3. The summed E-state index contributed by atoms with van der Waals surface area (Å²) in [6.45, 7) is 2.36. The van der Waals surface area contributed by atoms with E-state index in [1.54, 1.807) is 29.3 Å². The Hall–Kier alpha value is -2.69. The predicted molar refractivity (Wildman–Crippen MR) is 139 cm³/mol. The Morgan fingerprint density at radius 3 is 2.78 bits per heavy atom. The van der Waals surface area contributed by atoms with E-state index in [4.69, 9.17) is 33.3 Å². The lowest BCUT2D eigenvalue weighted by atomic mass is 10.0. The summed E-state index contributed by atoms with van der Waals surface area (Å²) < 4.78 is 4.99. The second kappa shape index (κ2) is 11.1. The zero-order valence-corrected chi connectivity index (χ0v) is 22.0. The van der Waals surface area contributed by atoms with Gasteiger partial charge >= 0.3 is 0 Å². The quantitative estimate of drug-likeness (QED) is 0.290. The third-order valence-corrected chi connectivity index (χ3v) is 7.92. The molecule has 2 heterocycles. The standard InChI is InChI=1S/C24H27Cl2N5O4S/c1-14(32)22(27)17-9-16(35-13-20-28-6-8-36-20)4-5-18(17)29-12-21(33)31-7-2-3-19(31)23(34)30-11-15-10-24(15,25)26/h4-6,8-9,15,19,27,29H,2-3,7,10-13H2,1H3,(H,30,34)/t15-,19+/m1/s1. The maximum atomic E-state index is 13.0. The van der Waals surface area contributed by atoms with Gasteiger partial charge in [-0.15, -0.1) is 34.5 Å². The van der Waals surface area contributed by atoms with E-state index in [0.717, 1.165) is 11.4 Å². The number of benzene rings is 1. The number of carbonyl (C=O) groups excluding carboxylic acids is 3. The lowest BCUT2D eigenvalue weighted by Crippen LogP contribution is -2.48. The fraction of sp³-hybridized carbons (Fsp3) is 0.458. The van der Waals surface area contributed by atoms with Crippen molar-refractivity contribution in [2.75, 3.05) is 25.0 Å². The van der Waals surface area contributed by atoms with Gasteiger partial charge in [0.1, 0.15) is 33.5 Å². The molecule has 1 aromatic carbocycles. The van der Waals surface area contributed by atoms with E-state index in [9.17, 15) is 14.4 Å². The molecule has 4 rings (SSSR count). The van der Waals surface area contributed by atoms with Crippen LogP contribution in [0.3, 0.4) is 0 Å². The zero-order valence-electron chi connectivity index (χ0n) is 19.7. The summed E-state index contributed by atoms with van der Waals surface area (Å²) in [6.07, 6.45) is 3.64. The molecule has 1 aliphatic carbocycles. The smallest absolute Gasteiger partial charge is 0.242 e. The van der Waals surface area contributed by atoms with E-state index >= 15 is 0 Å². The number of halogens is 2. The molecule has 12 heteroatoms. The molecule has 2 atom stereocenters. The molecule has 0 unspecified atom stereocenters. The summed E-state index contributed by atoms with van der Waals surface area (Å²) >= 11 is 13.5. The van der Waals surface area contributed by atoms with Gasteiger partial charge in [-0.1, -0.05) is 0 Å². The van der Waals surface area contributed by atoms with Gasteiger partial charge in [0, 0.05) is 48.8 Å². The zero-order chi connectivity index (χ0) is 25.9. The molecular formula is C24H27Cl2N5O4S. The van der Waals surface area contributed by atoms with E-state index in [1.165, 1.54) is 18.3 Å². The molecule has 0 radical (unpaired) electrons. The monoisotopic (exact) mass is 551 g/mol. The third kappa shape index (κ3) is 6.35. The third-order valence-electron chi connectivity index (χ3n) is 6.24. The highest BCUT2D eigenvalue weighted by Crippen LogP contribution is 2.52. The molecular weight excluding hydrogens is 525 g/mol. The van der Waals surface area contributed by atoms with Gasteiger partial charge in [0.25, 0.3) is 0 Å². The Kier molecular flexibility index (Phi) is 8.17. The van der Waals surface area contributed by atoms with Crippen molar-refractivity contribution >= 4 is 63.5 Å². The van der Waals surface area contributed by atoms with E-state index in [1.807, 2.05) is 5.38 Å². The van der Waals surface area contributed by atoms with Crippen LogP contribution in [-0.4, -0.2) is 63.2 Å². The minimum Gasteiger partial charge on any atom is -0.486 e. The highest BCUT2D eigenvalue weighted by molar-refractivity contribution is 7.09. The normalized spacial score (nSPS) is 20.0. The summed E-state index contributed by atoms with van der Waals surface area (Å²) in [5.74, 6) is -0.357. The van der Waals surface area contributed by atoms with Gasteiger partial charge in [0.05, 0.1) is 6.54 Å². The number of aromatic nitrogens is 1. The minimum absolute atomic E-state index is 0.0283. The van der Waals surface area contributed by atoms with Gasteiger partial charge < -0.3 is 20.3 Å². The number of Topliss-reactive ketones (excluding diaryl/α,β-unsaturated/α-hetero) is 1. The first kappa shape index (κ1) is 26.4. The molecule has 36 heavy (non-hydrogen) atoms. The van der Waals surface area contributed by atoms with Crippen molar-refractivity contribution in [3.63, 3.8) is 0 Å². The van der Waals surface area contributed by atoms with E-state index in [-0.39, 0.29) is 36.6 Å². The second-order valence-corrected chi connectivity index (χ2v) is 11.4. The van der Waals surface area contributed by atoms with Crippen LogP contribution >= 0.6 is 34.5 Å². The molecule has 1 aliphatic heterocycles. The van der Waals surface area contributed by atoms with Crippen LogP contribution in [0.2, 0.25) is 0 Å². The number of nitrogens with one attached hydrogen (secondary N) is 3. The number of nitrogens with zero attached hydrogens (tertiary/aromatic N) is 2. The number of rotatable bonds is 11. The van der Waals surface area contributed by atoms with Crippen LogP contribution < -0.4 is 15.4 Å². The van der Waals surface area contributed by atoms with Crippen LogP contribution in [-0.2, 0) is 21.0 Å². The van der Waals surface area contributed by atoms with Crippen LogP contribution in [0.1, 0.15) is 36.8 Å². The first-order chi connectivity index (χ1) is 17.2. The lowest BCUT2D eigenvalue weighted by Gasteiger charge is -2.24. The van der Waals surface area contributed by atoms with Gasteiger partial charge in [-0.25, -0.2) is 4.98 Å². The topological polar surface area (TPSA) is 124 Å². The average Bonchev–Trinajstić information content (AvgIpc) is 3.29. The number of hydrogen-bond acceptors (Lipinski definition) is 8. The molecule has 2 aromatic rings. The first-order valence-corrected chi connectivity index (χ1v) is 13.2. The number of ketones is 1. The van der Waals surface area contributed by atoms with Crippen molar-refractivity contribution in [1.29, 1.82) is 5.41 Å². The fourth-order valence-corrected chi connectivity index (χ4v) is 5.13. The van der Waals surface area contributed by atoms with Crippen molar-refractivity contribution < 1.29 is 19.1 Å². The average molecular weight is 552 g/mol. The molecule has 1 saturated heterocycles. The van der Waals surface area contributed by atoms with Crippen molar-refractivity contribution in [2.45, 2.75) is 43.2 Å². The molecule has 2 amide bonds. The molecule has 9 nitrogen and oxygen atoms in total. The van der Waals surface area contributed by atoms with Crippen molar-refractivity contribution in [3.05, 3.63) is 40.3 Å². The van der Waals surface area contributed by atoms with E-state index < -0.39 is 16.2 Å². The Morgan fingerprint density at radius 1 is 1.33 bits per heavy atom. The number of alkyl halides is 2.